The van der Waals surface area contributed by atoms with Crippen molar-refractivity contribution in [1.29, 1.82) is 0 Å². The number of hydrogen-bond acceptors (Lipinski definition) is 5. The number of ketones is 1. The molecule has 1 fully saturated rings. The van der Waals surface area contributed by atoms with Gasteiger partial charge in [-0.15, -0.1) is 0 Å². The van der Waals surface area contributed by atoms with E-state index in [0.29, 0.717) is 29.0 Å². The van der Waals surface area contributed by atoms with Crippen molar-refractivity contribution in [2.45, 2.75) is 20.3 Å². The van der Waals surface area contributed by atoms with Crippen LogP contribution >= 0.6 is 11.8 Å². The molecule has 5 nitrogen and oxygen atoms in total. The molecule has 0 aromatic carbocycles. The molecule has 1 unspecified atom stereocenters. The first kappa shape index (κ1) is 13.0. The summed E-state index contributed by atoms with van der Waals surface area (Å²) in [5.74, 6) is 1.53. The number of hydrogen-bond donors (Lipinski definition) is 0. The summed E-state index contributed by atoms with van der Waals surface area (Å²) in [6.07, 6.45) is 2.03. The Morgan fingerprint density at radius 2 is 2.28 bits per heavy atom. The van der Waals surface area contributed by atoms with E-state index in [1.165, 1.54) is 6.20 Å². The van der Waals surface area contributed by atoms with Crippen molar-refractivity contribution >= 4 is 23.2 Å². The van der Waals surface area contributed by atoms with E-state index in [1.54, 1.807) is 25.6 Å². The summed E-state index contributed by atoms with van der Waals surface area (Å²) in [5, 5.41) is 11.0. The van der Waals surface area contributed by atoms with E-state index in [-0.39, 0.29) is 22.3 Å². The Bertz CT molecular complexity index is 516. The third kappa shape index (κ3) is 2.38. The summed E-state index contributed by atoms with van der Waals surface area (Å²) >= 11 is 1.62. The van der Waals surface area contributed by atoms with Crippen LogP contribution < -0.4 is 0 Å². The topological polar surface area (TPSA) is 73.1 Å². The Morgan fingerprint density at radius 1 is 1.56 bits per heavy atom. The smallest absolute Gasteiger partial charge is 0.278 e. The van der Waals surface area contributed by atoms with Crippen LogP contribution in [0.15, 0.2) is 6.20 Å². The van der Waals surface area contributed by atoms with Gasteiger partial charge in [-0.2, -0.15) is 11.8 Å². The quantitative estimate of drug-likeness (QED) is 0.618. The number of rotatable bonds is 3. The van der Waals surface area contributed by atoms with Gasteiger partial charge in [-0.1, -0.05) is 0 Å². The van der Waals surface area contributed by atoms with Gasteiger partial charge in [-0.25, -0.2) is 0 Å². The summed E-state index contributed by atoms with van der Waals surface area (Å²) in [6, 6.07) is 0. The zero-order valence-electron chi connectivity index (χ0n) is 10.3. The van der Waals surface area contributed by atoms with Gasteiger partial charge < -0.3 is 0 Å². The number of nitro groups is 1. The standard InChI is InChI=1S/C12H14N2O3S/c1-7-4-13-10(8(2)12(7)14(16)17)3-9-5-18-6-11(9)15/h4,9H,3,5-6H2,1-2H3. The molecule has 18 heavy (non-hydrogen) atoms. The molecule has 0 spiro atoms. The number of carbonyl (C=O) groups is 1. The van der Waals surface area contributed by atoms with Crippen molar-refractivity contribution in [3.05, 3.63) is 33.1 Å². The summed E-state index contributed by atoms with van der Waals surface area (Å²) in [7, 11) is 0. The second kappa shape index (κ2) is 5.06. The second-order valence-corrected chi connectivity index (χ2v) is 5.53. The van der Waals surface area contributed by atoms with Crippen LogP contribution in [0.3, 0.4) is 0 Å². The minimum Gasteiger partial charge on any atom is -0.298 e. The van der Waals surface area contributed by atoms with Gasteiger partial charge in [0.1, 0.15) is 5.78 Å². The van der Waals surface area contributed by atoms with Crippen molar-refractivity contribution in [2.24, 2.45) is 5.92 Å². The molecule has 1 aromatic heterocycles. The van der Waals surface area contributed by atoms with Crippen molar-refractivity contribution in [3.63, 3.8) is 0 Å². The van der Waals surface area contributed by atoms with Gasteiger partial charge in [0.25, 0.3) is 5.69 Å². The van der Waals surface area contributed by atoms with Gasteiger partial charge in [0.05, 0.1) is 16.4 Å². The lowest BCUT2D eigenvalue weighted by atomic mass is 9.97. The number of aromatic nitrogens is 1. The Labute approximate surface area is 109 Å². The van der Waals surface area contributed by atoms with Gasteiger partial charge >= 0.3 is 0 Å². The van der Waals surface area contributed by atoms with Gasteiger partial charge in [-0.3, -0.25) is 19.9 Å². The number of Topliss-reactive ketones (excluding diaryl/α,β-unsaturated/α-hetero) is 1. The Hall–Kier alpha value is -1.43. The summed E-state index contributed by atoms with van der Waals surface area (Å²) < 4.78 is 0. The van der Waals surface area contributed by atoms with Crippen molar-refractivity contribution in [2.75, 3.05) is 11.5 Å². The highest BCUT2D eigenvalue weighted by molar-refractivity contribution is 8.00. The molecule has 1 aromatic rings. The third-order valence-corrected chi connectivity index (χ3v) is 4.34. The van der Waals surface area contributed by atoms with E-state index in [1.807, 2.05) is 0 Å². The number of thioether (sulfide) groups is 1. The van der Waals surface area contributed by atoms with Crippen LogP contribution in [-0.2, 0) is 11.2 Å². The molecule has 0 amide bonds. The minimum absolute atomic E-state index is 0.0384. The predicted molar refractivity (Wildman–Crippen MR) is 69.9 cm³/mol. The average Bonchev–Trinajstić information content (AvgIpc) is 2.68. The molecule has 0 N–H and O–H groups in total. The lowest BCUT2D eigenvalue weighted by molar-refractivity contribution is -0.386. The average molecular weight is 266 g/mol. The molecular formula is C12H14N2O3S. The van der Waals surface area contributed by atoms with Crippen molar-refractivity contribution in [3.8, 4) is 0 Å². The molecule has 2 rings (SSSR count). The molecule has 6 heteroatoms. The Balaban J connectivity index is 2.31. The van der Waals surface area contributed by atoms with Crippen molar-refractivity contribution < 1.29 is 9.72 Å². The van der Waals surface area contributed by atoms with E-state index in [4.69, 9.17) is 0 Å². The fourth-order valence-corrected chi connectivity index (χ4v) is 3.31. The lowest BCUT2D eigenvalue weighted by Crippen LogP contribution is -2.16. The van der Waals surface area contributed by atoms with Gasteiger partial charge in [0.2, 0.25) is 0 Å². The highest BCUT2D eigenvalue weighted by atomic mass is 32.2. The molecular weight excluding hydrogens is 252 g/mol. The Kier molecular flexibility index (Phi) is 3.65. The van der Waals surface area contributed by atoms with E-state index >= 15 is 0 Å². The molecule has 96 valence electrons. The Morgan fingerprint density at radius 3 is 2.83 bits per heavy atom. The number of pyridine rings is 1. The minimum atomic E-state index is -0.374. The number of aryl methyl sites for hydroxylation is 1. The normalized spacial score (nSPS) is 19.2. The van der Waals surface area contributed by atoms with Gasteiger partial charge in [0.15, 0.2) is 0 Å². The summed E-state index contributed by atoms with van der Waals surface area (Å²) in [6.45, 7) is 3.39. The molecule has 0 bridgehead atoms. The lowest BCUT2D eigenvalue weighted by Gasteiger charge is -2.10. The van der Waals surface area contributed by atoms with Crippen LogP contribution in [0, 0.1) is 29.9 Å². The van der Waals surface area contributed by atoms with Crippen LogP contribution in [0.1, 0.15) is 16.8 Å². The zero-order valence-corrected chi connectivity index (χ0v) is 11.1. The first-order valence-electron chi connectivity index (χ1n) is 5.70. The highest BCUT2D eigenvalue weighted by Gasteiger charge is 2.28. The third-order valence-electron chi connectivity index (χ3n) is 3.22. The fourth-order valence-electron chi connectivity index (χ4n) is 2.17. The van der Waals surface area contributed by atoms with Gasteiger partial charge in [0, 0.05) is 35.4 Å². The highest BCUT2D eigenvalue weighted by Crippen LogP contribution is 2.28. The van der Waals surface area contributed by atoms with Crippen LogP contribution in [0.2, 0.25) is 0 Å². The van der Waals surface area contributed by atoms with E-state index in [2.05, 4.69) is 4.98 Å². The molecule has 1 aliphatic rings. The van der Waals surface area contributed by atoms with Crippen LogP contribution in [0.5, 0.6) is 0 Å². The first-order valence-corrected chi connectivity index (χ1v) is 6.86. The van der Waals surface area contributed by atoms with E-state index < -0.39 is 0 Å². The molecule has 1 aliphatic heterocycles. The largest absolute Gasteiger partial charge is 0.298 e. The molecule has 0 radical (unpaired) electrons. The predicted octanol–water partition coefficient (Wildman–Crippen LogP) is 2.08. The second-order valence-electron chi connectivity index (χ2n) is 4.50. The van der Waals surface area contributed by atoms with Crippen LogP contribution in [-0.4, -0.2) is 27.2 Å². The number of nitrogens with zero attached hydrogens (tertiary/aromatic N) is 2. The fraction of sp³-hybridized carbons (Fsp3) is 0.500. The molecule has 1 atom stereocenters. The maximum atomic E-state index is 11.6. The molecule has 0 aliphatic carbocycles. The first-order chi connectivity index (χ1) is 8.50. The van der Waals surface area contributed by atoms with Crippen molar-refractivity contribution in [1.82, 2.24) is 4.98 Å². The molecule has 0 saturated carbocycles. The molecule has 1 saturated heterocycles. The SMILES string of the molecule is Cc1cnc(CC2CSCC2=O)c(C)c1[N+](=O)[O-]. The van der Waals surface area contributed by atoms with Crippen LogP contribution in [0.25, 0.3) is 0 Å². The summed E-state index contributed by atoms with van der Waals surface area (Å²) in [4.78, 5) is 26.5. The van der Waals surface area contributed by atoms with E-state index in [0.717, 1.165) is 5.75 Å². The van der Waals surface area contributed by atoms with E-state index in [9.17, 15) is 14.9 Å². The van der Waals surface area contributed by atoms with Crippen LogP contribution in [0.4, 0.5) is 5.69 Å². The summed E-state index contributed by atoms with van der Waals surface area (Å²) in [5.41, 5.74) is 1.95. The molecule has 2 heterocycles. The monoisotopic (exact) mass is 266 g/mol. The maximum absolute atomic E-state index is 11.6. The maximum Gasteiger partial charge on any atom is 0.278 e. The zero-order chi connectivity index (χ0) is 13.3. The van der Waals surface area contributed by atoms with Gasteiger partial charge in [-0.05, 0) is 13.8 Å². The number of carbonyl (C=O) groups excluding carboxylic acids is 1.